The van der Waals surface area contributed by atoms with E-state index in [4.69, 9.17) is 4.74 Å². The molecule has 0 aliphatic rings. The fourth-order valence-corrected chi connectivity index (χ4v) is 2.66. The van der Waals surface area contributed by atoms with Crippen molar-refractivity contribution >= 4 is 23.2 Å². The summed E-state index contributed by atoms with van der Waals surface area (Å²) in [5, 5.41) is 15.4. The molecule has 3 aromatic rings. The van der Waals surface area contributed by atoms with E-state index in [9.17, 15) is 14.7 Å². The fraction of sp³-hybridized carbons (Fsp3) is 0.0909. The van der Waals surface area contributed by atoms with Crippen LogP contribution in [0.15, 0.2) is 66.7 Å². The number of benzene rings is 3. The normalized spacial score (nSPS) is 10.2. The number of rotatable bonds is 5. The number of ether oxygens (including phenoxy) is 1. The maximum atomic E-state index is 12.7. The highest BCUT2D eigenvalue weighted by Gasteiger charge is 2.15. The van der Waals surface area contributed by atoms with Gasteiger partial charge < -0.3 is 20.5 Å². The molecule has 6 nitrogen and oxygen atoms in total. The highest BCUT2D eigenvalue weighted by Crippen LogP contribution is 2.26. The van der Waals surface area contributed by atoms with Gasteiger partial charge in [0, 0.05) is 5.56 Å². The topological polar surface area (TPSA) is 87.7 Å². The summed E-state index contributed by atoms with van der Waals surface area (Å²) in [5.41, 5.74) is 2.26. The van der Waals surface area contributed by atoms with Crippen LogP contribution in [-0.2, 0) is 0 Å². The first-order valence-corrected chi connectivity index (χ1v) is 8.63. The lowest BCUT2D eigenvalue weighted by atomic mass is 10.1. The minimum atomic E-state index is -0.440. The summed E-state index contributed by atoms with van der Waals surface area (Å²) >= 11 is 0. The summed E-state index contributed by atoms with van der Waals surface area (Å²) in [7, 11) is 1.55. The molecule has 0 heterocycles. The molecule has 0 radical (unpaired) electrons. The van der Waals surface area contributed by atoms with E-state index in [1.54, 1.807) is 73.8 Å². The van der Waals surface area contributed by atoms with E-state index in [1.807, 2.05) is 6.92 Å². The molecule has 0 saturated carbocycles. The number of aromatic hydroxyl groups is 1. The number of anilines is 2. The Hall–Kier alpha value is -3.80. The van der Waals surface area contributed by atoms with Crippen molar-refractivity contribution in [1.82, 2.24) is 0 Å². The summed E-state index contributed by atoms with van der Waals surface area (Å²) in [6.07, 6.45) is 0. The Morgan fingerprint density at radius 3 is 2.21 bits per heavy atom. The van der Waals surface area contributed by atoms with Gasteiger partial charge in [-0.25, -0.2) is 0 Å². The Bertz CT molecular complexity index is 1010. The first-order chi connectivity index (χ1) is 13.5. The lowest BCUT2D eigenvalue weighted by Gasteiger charge is -2.12. The van der Waals surface area contributed by atoms with Crippen molar-refractivity contribution in [2.45, 2.75) is 6.92 Å². The number of carbonyl (C=O) groups is 2. The molecule has 0 bridgehead atoms. The third kappa shape index (κ3) is 4.29. The van der Waals surface area contributed by atoms with E-state index < -0.39 is 5.91 Å². The van der Waals surface area contributed by atoms with E-state index in [0.29, 0.717) is 22.7 Å². The molecule has 142 valence electrons. The predicted octanol–water partition coefficient (Wildman–Crippen LogP) is 4.21. The number of hydrogen-bond donors (Lipinski definition) is 3. The zero-order valence-corrected chi connectivity index (χ0v) is 15.5. The molecule has 0 saturated heterocycles. The number of aryl methyl sites for hydroxylation is 1. The van der Waals surface area contributed by atoms with E-state index >= 15 is 0 Å². The Balaban J connectivity index is 1.80. The predicted molar refractivity (Wildman–Crippen MR) is 108 cm³/mol. The zero-order chi connectivity index (χ0) is 20.1. The van der Waals surface area contributed by atoms with Crippen LogP contribution in [0.3, 0.4) is 0 Å². The summed E-state index contributed by atoms with van der Waals surface area (Å²) in [5.74, 6) is -0.159. The first kappa shape index (κ1) is 19.0. The lowest BCUT2D eigenvalue weighted by Crippen LogP contribution is -2.18. The van der Waals surface area contributed by atoms with Crippen molar-refractivity contribution in [3.05, 3.63) is 83.4 Å². The van der Waals surface area contributed by atoms with E-state index in [-0.39, 0.29) is 17.2 Å². The molecule has 0 fully saturated rings. The van der Waals surface area contributed by atoms with Gasteiger partial charge in [-0.2, -0.15) is 0 Å². The maximum Gasteiger partial charge on any atom is 0.257 e. The van der Waals surface area contributed by atoms with Gasteiger partial charge in [-0.05, 0) is 61.0 Å². The van der Waals surface area contributed by atoms with Gasteiger partial charge in [-0.15, -0.1) is 0 Å². The van der Waals surface area contributed by atoms with Gasteiger partial charge >= 0.3 is 0 Å². The number of carbonyl (C=O) groups excluding carboxylic acids is 2. The molecule has 0 atom stereocenters. The van der Waals surface area contributed by atoms with Crippen molar-refractivity contribution in [1.29, 1.82) is 0 Å². The lowest BCUT2D eigenvalue weighted by molar-refractivity contribution is 0.102. The molecule has 3 rings (SSSR count). The summed E-state index contributed by atoms with van der Waals surface area (Å²) in [4.78, 5) is 25.2. The first-order valence-electron chi connectivity index (χ1n) is 8.63. The summed E-state index contributed by atoms with van der Waals surface area (Å²) in [6, 6.07) is 18.3. The zero-order valence-electron chi connectivity index (χ0n) is 15.5. The van der Waals surface area contributed by atoms with Crippen LogP contribution in [0, 0.1) is 6.92 Å². The smallest absolute Gasteiger partial charge is 0.257 e. The molecule has 0 unspecified atom stereocenters. The van der Waals surface area contributed by atoms with Crippen LogP contribution >= 0.6 is 0 Å². The van der Waals surface area contributed by atoms with Crippen molar-refractivity contribution in [3.63, 3.8) is 0 Å². The van der Waals surface area contributed by atoms with Crippen molar-refractivity contribution < 1.29 is 19.4 Å². The van der Waals surface area contributed by atoms with Crippen LogP contribution in [0.2, 0.25) is 0 Å². The van der Waals surface area contributed by atoms with Crippen LogP contribution < -0.4 is 15.4 Å². The molecular formula is C22H20N2O4. The molecule has 0 aromatic heterocycles. The van der Waals surface area contributed by atoms with Crippen LogP contribution in [0.25, 0.3) is 0 Å². The van der Waals surface area contributed by atoms with Crippen molar-refractivity contribution in [2.24, 2.45) is 0 Å². The average molecular weight is 376 g/mol. The van der Waals surface area contributed by atoms with Crippen LogP contribution in [-0.4, -0.2) is 24.0 Å². The number of phenolic OH excluding ortho intramolecular Hbond substituents is 1. The van der Waals surface area contributed by atoms with Crippen LogP contribution in [0.5, 0.6) is 11.5 Å². The maximum absolute atomic E-state index is 12.7. The molecule has 28 heavy (non-hydrogen) atoms. The standard InChI is InChI=1S/C22H20N2O4/c1-14-7-12-19(20(25)13-14)24-22(27)17-5-3-4-6-18(17)23-21(26)15-8-10-16(28-2)11-9-15/h3-13,25H,1-2H3,(H,23,26)(H,24,27). The molecule has 0 aliphatic carbocycles. The number of phenols is 1. The summed E-state index contributed by atoms with van der Waals surface area (Å²) in [6.45, 7) is 1.84. The largest absolute Gasteiger partial charge is 0.506 e. The molecule has 3 N–H and O–H groups in total. The number of methoxy groups -OCH3 is 1. The Morgan fingerprint density at radius 1 is 0.857 bits per heavy atom. The average Bonchev–Trinajstić information content (AvgIpc) is 2.70. The molecular weight excluding hydrogens is 356 g/mol. The Labute approximate surface area is 162 Å². The van der Waals surface area contributed by atoms with E-state index in [2.05, 4.69) is 10.6 Å². The highest BCUT2D eigenvalue weighted by molar-refractivity contribution is 6.12. The minimum Gasteiger partial charge on any atom is -0.506 e. The third-order valence-electron chi connectivity index (χ3n) is 4.17. The number of hydrogen-bond acceptors (Lipinski definition) is 4. The van der Waals surface area contributed by atoms with Gasteiger partial charge in [0.15, 0.2) is 0 Å². The van der Waals surface area contributed by atoms with Gasteiger partial charge in [0.25, 0.3) is 11.8 Å². The second kappa shape index (κ2) is 8.26. The number of nitrogens with one attached hydrogen (secondary N) is 2. The quantitative estimate of drug-likeness (QED) is 0.582. The van der Waals surface area contributed by atoms with Gasteiger partial charge in [0.05, 0.1) is 24.0 Å². The van der Waals surface area contributed by atoms with Crippen LogP contribution in [0.4, 0.5) is 11.4 Å². The van der Waals surface area contributed by atoms with E-state index in [1.165, 1.54) is 0 Å². The second-order valence-electron chi connectivity index (χ2n) is 6.20. The van der Waals surface area contributed by atoms with Gasteiger partial charge in [0.1, 0.15) is 11.5 Å². The molecule has 0 aliphatic heterocycles. The van der Waals surface area contributed by atoms with Crippen LogP contribution in [0.1, 0.15) is 26.3 Å². The van der Waals surface area contributed by atoms with Crippen molar-refractivity contribution in [2.75, 3.05) is 17.7 Å². The molecule has 0 spiro atoms. The molecule has 2 amide bonds. The fourth-order valence-electron chi connectivity index (χ4n) is 2.66. The monoisotopic (exact) mass is 376 g/mol. The van der Waals surface area contributed by atoms with Crippen molar-refractivity contribution in [3.8, 4) is 11.5 Å². The minimum absolute atomic E-state index is 0.0203. The SMILES string of the molecule is COc1ccc(C(=O)Nc2ccccc2C(=O)Nc2ccc(C)cc2O)cc1. The van der Waals surface area contributed by atoms with Gasteiger partial charge in [0.2, 0.25) is 0 Å². The third-order valence-corrected chi connectivity index (χ3v) is 4.17. The number of amides is 2. The molecule has 6 heteroatoms. The Kier molecular flexibility index (Phi) is 5.60. The number of para-hydroxylation sites is 1. The summed E-state index contributed by atoms with van der Waals surface area (Å²) < 4.78 is 5.09. The van der Waals surface area contributed by atoms with Gasteiger partial charge in [-0.3, -0.25) is 9.59 Å². The second-order valence-corrected chi connectivity index (χ2v) is 6.20. The van der Waals surface area contributed by atoms with E-state index in [0.717, 1.165) is 5.56 Å². The van der Waals surface area contributed by atoms with Gasteiger partial charge in [-0.1, -0.05) is 18.2 Å². The molecule has 3 aromatic carbocycles. The Morgan fingerprint density at radius 2 is 1.54 bits per heavy atom. The highest BCUT2D eigenvalue weighted by atomic mass is 16.5.